The van der Waals surface area contributed by atoms with Crippen molar-refractivity contribution in [2.45, 2.75) is 20.4 Å². The number of nitrogens with zero attached hydrogens (tertiary/aromatic N) is 2. The molecule has 1 aliphatic heterocycles. The van der Waals surface area contributed by atoms with Gasteiger partial charge in [-0.2, -0.15) is 0 Å². The lowest BCUT2D eigenvalue weighted by Crippen LogP contribution is -2.35. The molecule has 1 aromatic heterocycles. The van der Waals surface area contributed by atoms with Crippen LogP contribution in [-0.4, -0.2) is 42.1 Å². The smallest absolute Gasteiger partial charge is 0.255 e. The van der Waals surface area contributed by atoms with E-state index in [0.29, 0.717) is 16.3 Å². The third-order valence-electron chi connectivity index (χ3n) is 5.88. The Balaban J connectivity index is 0.00000141. The molecule has 1 aliphatic rings. The van der Waals surface area contributed by atoms with Gasteiger partial charge in [0, 0.05) is 48.0 Å². The summed E-state index contributed by atoms with van der Waals surface area (Å²) in [6.45, 7) is 8.29. The highest BCUT2D eigenvalue weighted by Crippen LogP contribution is 2.33. The van der Waals surface area contributed by atoms with Crippen molar-refractivity contribution < 1.29 is 9.53 Å². The van der Waals surface area contributed by atoms with Crippen molar-refractivity contribution >= 4 is 34.0 Å². The fourth-order valence-electron chi connectivity index (χ4n) is 4.10. The van der Waals surface area contributed by atoms with Gasteiger partial charge >= 0.3 is 0 Å². The van der Waals surface area contributed by atoms with E-state index < -0.39 is 0 Å². The standard InChI is InChI=1S/C27H24ClN3O2.C2H6/c28-25-10-9-22(17-24(25)26-23-4-2-1-3-20(23)11-12-29-26)30-27(32)21-7-5-19(6-8-21)18-31-13-15-33-16-14-31;1-2/h1-12,17H,13-16,18H2,(H,30,32);1-2H3. The molecule has 2 heterocycles. The van der Waals surface area contributed by atoms with Gasteiger partial charge in [-0.3, -0.25) is 14.7 Å². The van der Waals surface area contributed by atoms with E-state index in [4.69, 9.17) is 16.3 Å². The first-order valence-corrected chi connectivity index (χ1v) is 12.4. The topological polar surface area (TPSA) is 54.5 Å². The number of halogens is 1. The van der Waals surface area contributed by atoms with Gasteiger partial charge in [-0.25, -0.2) is 0 Å². The Bertz CT molecular complexity index is 1280. The zero-order chi connectivity index (χ0) is 24.6. The third kappa shape index (κ3) is 6.06. The molecular weight excluding hydrogens is 458 g/mol. The molecule has 0 atom stereocenters. The Kier molecular flexibility index (Phi) is 8.48. The number of ether oxygens (including phenoxy) is 1. The van der Waals surface area contributed by atoms with Gasteiger partial charge in [0.25, 0.3) is 5.91 Å². The maximum absolute atomic E-state index is 12.9. The number of rotatable bonds is 5. The Morgan fingerprint density at radius 1 is 1.00 bits per heavy atom. The Morgan fingerprint density at radius 2 is 1.74 bits per heavy atom. The minimum atomic E-state index is -0.160. The Labute approximate surface area is 211 Å². The molecule has 1 saturated heterocycles. The first kappa shape index (κ1) is 24.9. The van der Waals surface area contributed by atoms with Crippen LogP contribution in [0.3, 0.4) is 0 Å². The van der Waals surface area contributed by atoms with Crippen molar-refractivity contribution in [3.8, 4) is 11.3 Å². The van der Waals surface area contributed by atoms with Gasteiger partial charge in [-0.05, 0) is 47.3 Å². The zero-order valence-corrected chi connectivity index (χ0v) is 20.9. The number of carbonyl (C=O) groups excluding carboxylic acids is 1. The van der Waals surface area contributed by atoms with Crippen LogP contribution in [0.5, 0.6) is 0 Å². The summed E-state index contributed by atoms with van der Waals surface area (Å²) in [5, 5.41) is 5.68. The summed E-state index contributed by atoms with van der Waals surface area (Å²) in [5.41, 5.74) is 4.05. The van der Waals surface area contributed by atoms with Gasteiger partial charge in [-0.1, -0.05) is 61.8 Å². The summed E-state index contributed by atoms with van der Waals surface area (Å²) >= 11 is 6.52. The molecule has 0 radical (unpaired) electrons. The molecule has 0 unspecified atom stereocenters. The summed E-state index contributed by atoms with van der Waals surface area (Å²) < 4.78 is 5.40. The number of fused-ring (bicyclic) bond motifs is 1. The van der Waals surface area contributed by atoms with Gasteiger partial charge < -0.3 is 10.1 Å². The second-order valence-corrected chi connectivity index (χ2v) is 8.52. The molecule has 0 spiro atoms. The fraction of sp³-hybridized carbons (Fsp3) is 0.241. The van der Waals surface area contributed by atoms with Gasteiger partial charge in [0.2, 0.25) is 0 Å². The van der Waals surface area contributed by atoms with Crippen molar-refractivity contribution in [2.75, 3.05) is 31.6 Å². The molecule has 5 nitrogen and oxygen atoms in total. The molecule has 4 aromatic rings. The molecule has 0 aliphatic carbocycles. The molecule has 1 N–H and O–H groups in total. The number of carbonyl (C=O) groups is 1. The number of nitrogens with one attached hydrogen (secondary N) is 1. The van der Waals surface area contributed by atoms with Crippen LogP contribution in [0.4, 0.5) is 5.69 Å². The molecule has 180 valence electrons. The minimum Gasteiger partial charge on any atom is -0.379 e. The summed E-state index contributed by atoms with van der Waals surface area (Å²) in [5.74, 6) is -0.160. The summed E-state index contributed by atoms with van der Waals surface area (Å²) in [6, 6.07) is 23.3. The largest absolute Gasteiger partial charge is 0.379 e. The first-order chi connectivity index (χ1) is 17.2. The van der Waals surface area contributed by atoms with E-state index in [-0.39, 0.29) is 5.91 Å². The molecule has 6 heteroatoms. The van der Waals surface area contributed by atoms with Crippen LogP contribution in [0.1, 0.15) is 29.8 Å². The van der Waals surface area contributed by atoms with Crippen molar-refractivity contribution in [1.29, 1.82) is 0 Å². The lowest BCUT2D eigenvalue weighted by molar-refractivity contribution is 0.0342. The maximum Gasteiger partial charge on any atom is 0.255 e. The fourth-order valence-corrected chi connectivity index (χ4v) is 4.31. The second-order valence-electron chi connectivity index (χ2n) is 8.11. The summed E-state index contributed by atoms with van der Waals surface area (Å²) in [4.78, 5) is 19.8. The Morgan fingerprint density at radius 3 is 2.51 bits per heavy atom. The van der Waals surface area contributed by atoms with Crippen molar-refractivity contribution in [1.82, 2.24) is 9.88 Å². The second kappa shape index (κ2) is 11.9. The number of benzene rings is 3. The lowest BCUT2D eigenvalue weighted by atomic mass is 10.0. The van der Waals surface area contributed by atoms with E-state index >= 15 is 0 Å². The van der Waals surface area contributed by atoms with Gasteiger partial charge in [0.1, 0.15) is 0 Å². The lowest BCUT2D eigenvalue weighted by Gasteiger charge is -2.26. The molecule has 1 amide bonds. The van der Waals surface area contributed by atoms with E-state index in [1.165, 1.54) is 5.56 Å². The highest BCUT2D eigenvalue weighted by molar-refractivity contribution is 6.33. The molecule has 0 saturated carbocycles. The number of hydrogen-bond donors (Lipinski definition) is 1. The summed E-state index contributed by atoms with van der Waals surface area (Å²) in [7, 11) is 0. The highest BCUT2D eigenvalue weighted by Gasteiger charge is 2.14. The average molecular weight is 488 g/mol. The maximum atomic E-state index is 12.9. The van der Waals surface area contributed by atoms with Crippen molar-refractivity contribution in [3.63, 3.8) is 0 Å². The van der Waals surface area contributed by atoms with Gasteiger partial charge in [0.05, 0.1) is 23.9 Å². The molecule has 35 heavy (non-hydrogen) atoms. The summed E-state index contributed by atoms with van der Waals surface area (Å²) in [6.07, 6.45) is 1.78. The molecular formula is C29H30ClN3O2. The molecule has 3 aromatic carbocycles. The number of hydrogen-bond acceptors (Lipinski definition) is 4. The van der Waals surface area contributed by atoms with Gasteiger partial charge in [0.15, 0.2) is 0 Å². The monoisotopic (exact) mass is 487 g/mol. The van der Waals surface area contributed by atoms with Crippen LogP contribution in [0.2, 0.25) is 5.02 Å². The third-order valence-corrected chi connectivity index (χ3v) is 6.21. The number of pyridine rings is 1. The number of anilines is 1. The first-order valence-electron chi connectivity index (χ1n) is 12.0. The van der Waals surface area contributed by atoms with Crippen molar-refractivity contribution in [2.24, 2.45) is 0 Å². The quantitative estimate of drug-likeness (QED) is 0.341. The van der Waals surface area contributed by atoms with Crippen LogP contribution < -0.4 is 5.32 Å². The predicted molar refractivity (Wildman–Crippen MR) is 144 cm³/mol. The zero-order valence-electron chi connectivity index (χ0n) is 20.1. The number of amides is 1. The van der Waals surface area contributed by atoms with Gasteiger partial charge in [-0.15, -0.1) is 0 Å². The van der Waals surface area contributed by atoms with Crippen LogP contribution >= 0.6 is 11.6 Å². The van der Waals surface area contributed by atoms with Crippen LogP contribution in [0, 0.1) is 0 Å². The van der Waals surface area contributed by atoms with E-state index in [1.807, 2.05) is 80.6 Å². The SMILES string of the molecule is CC.O=C(Nc1ccc(Cl)c(-c2nccc3ccccc23)c1)c1ccc(CN2CCOCC2)cc1. The normalized spacial score (nSPS) is 13.7. The van der Waals surface area contributed by atoms with Crippen LogP contribution in [-0.2, 0) is 11.3 Å². The highest BCUT2D eigenvalue weighted by atomic mass is 35.5. The minimum absolute atomic E-state index is 0.160. The predicted octanol–water partition coefficient (Wildman–Crippen LogP) is 6.67. The van der Waals surface area contributed by atoms with E-state index in [1.54, 1.807) is 12.3 Å². The van der Waals surface area contributed by atoms with E-state index in [0.717, 1.165) is 54.9 Å². The molecule has 5 rings (SSSR count). The number of morpholine rings is 1. The number of aromatic nitrogens is 1. The average Bonchev–Trinajstić information content (AvgIpc) is 2.91. The van der Waals surface area contributed by atoms with E-state index in [2.05, 4.69) is 15.2 Å². The Hall–Kier alpha value is -3.25. The van der Waals surface area contributed by atoms with Crippen LogP contribution in [0.15, 0.2) is 79.0 Å². The molecule has 1 fully saturated rings. The van der Waals surface area contributed by atoms with Crippen molar-refractivity contribution in [3.05, 3.63) is 95.1 Å². The molecule has 0 bridgehead atoms. The van der Waals surface area contributed by atoms with Crippen LogP contribution in [0.25, 0.3) is 22.0 Å². The van der Waals surface area contributed by atoms with E-state index in [9.17, 15) is 4.79 Å².